The Bertz CT molecular complexity index is 1130. The summed E-state index contributed by atoms with van der Waals surface area (Å²) in [6.45, 7) is 6.65. The zero-order valence-corrected chi connectivity index (χ0v) is 44.9. The number of carbonyl (C=O) groups excluding carboxylic acids is 3. The van der Waals surface area contributed by atoms with Gasteiger partial charge in [0, 0.05) is 19.3 Å². The summed E-state index contributed by atoms with van der Waals surface area (Å²) in [5, 5.41) is 0. The molecule has 0 radical (unpaired) electrons. The molecule has 0 saturated carbocycles. The topological polar surface area (TPSA) is 78.9 Å². The van der Waals surface area contributed by atoms with Gasteiger partial charge in [0.05, 0.1) is 0 Å². The predicted octanol–water partition coefficient (Wildman–Crippen LogP) is 19.7. The van der Waals surface area contributed by atoms with E-state index >= 15 is 0 Å². The highest BCUT2D eigenvalue weighted by molar-refractivity contribution is 5.71. The van der Waals surface area contributed by atoms with E-state index in [-0.39, 0.29) is 31.1 Å². The van der Waals surface area contributed by atoms with Crippen LogP contribution in [0.4, 0.5) is 0 Å². The van der Waals surface area contributed by atoms with Crippen LogP contribution < -0.4 is 0 Å². The van der Waals surface area contributed by atoms with E-state index in [0.717, 1.165) is 77.0 Å². The van der Waals surface area contributed by atoms with Gasteiger partial charge in [-0.1, -0.05) is 276 Å². The molecular weight excluding hydrogens is 829 g/mol. The molecule has 0 aliphatic heterocycles. The molecule has 0 rings (SSSR count). The lowest BCUT2D eigenvalue weighted by atomic mass is 10.0. The highest BCUT2D eigenvalue weighted by atomic mass is 16.6. The van der Waals surface area contributed by atoms with E-state index in [9.17, 15) is 14.4 Å². The molecule has 392 valence electrons. The first-order valence-corrected chi connectivity index (χ1v) is 29.5. The van der Waals surface area contributed by atoms with Crippen molar-refractivity contribution >= 4 is 17.9 Å². The lowest BCUT2D eigenvalue weighted by Gasteiger charge is -2.18. The maximum atomic E-state index is 12.8. The van der Waals surface area contributed by atoms with Gasteiger partial charge in [0.2, 0.25) is 0 Å². The Morgan fingerprint density at radius 1 is 0.299 bits per heavy atom. The normalized spacial score (nSPS) is 12.2. The Labute approximate surface area is 416 Å². The van der Waals surface area contributed by atoms with Crippen molar-refractivity contribution in [3.05, 3.63) is 36.5 Å². The van der Waals surface area contributed by atoms with Crippen LogP contribution in [-0.4, -0.2) is 37.2 Å². The minimum atomic E-state index is -0.770. The number of esters is 3. The van der Waals surface area contributed by atoms with Crippen molar-refractivity contribution in [2.45, 2.75) is 322 Å². The lowest BCUT2D eigenvalue weighted by Crippen LogP contribution is -2.30. The second-order valence-electron chi connectivity index (χ2n) is 19.9. The quantitative estimate of drug-likeness (QED) is 0.0262. The zero-order valence-electron chi connectivity index (χ0n) is 44.9. The van der Waals surface area contributed by atoms with Crippen LogP contribution in [0, 0.1) is 0 Å². The van der Waals surface area contributed by atoms with Gasteiger partial charge < -0.3 is 14.2 Å². The Morgan fingerprint density at radius 2 is 0.537 bits per heavy atom. The van der Waals surface area contributed by atoms with Crippen molar-refractivity contribution in [2.75, 3.05) is 13.2 Å². The van der Waals surface area contributed by atoms with Crippen LogP contribution in [0.5, 0.6) is 0 Å². The summed E-state index contributed by atoms with van der Waals surface area (Å²) in [6, 6.07) is 0. The molecule has 0 heterocycles. The van der Waals surface area contributed by atoms with Crippen molar-refractivity contribution < 1.29 is 28.6 Å². The van der Waals surface area contributed by atoms with Gasteiger partial charge in [0.25, 0.3) is 0 Å². The molecule has 0 aromatic rings. The molecule has 0 amide bonds. The first-order chi connectivity index (χ1) is 33.0. The lowest BCUT2D eigenvalue weighted by molar-refractivity contribution is -0.167. The van der Waals surface area contributed by atoms with Gasteiger partial charge in [-0.3, -0.25) is 14.4 Å². The molecule has 0 N–H and O–H groups in total. The van der Waals surface area contributed by atoms with Crippen LogP contribution in [0.3, 0.4) is 0 Å². The van der Waals surface area contributed by atoms with Gasteiger partial charge in [-0.25, -0.2) is 0 Å². The number of unbranched alkanes of at least 4 members (excludes halogenated alkanes) is 37. The third-order valence-corrected chi connectivity index (χ3v) is 13.1. The Hall–Kier alpha value is -2.37. The maximum absolute atomic E-state index is 12.8. The molecule has 1 unspecified atom stereocenters. The second kappa shape index (κ2) is 56.2. The average molecular weight is 942 g/mol. The standard InChI is InChI=1S/C61H112O6/c1-4-7-10-13-16-19-22-24-26-28-29-30-31-32-33-34-36-37-39-42-45-48-51-54-60(63)66-57-58(56-65-59(62)53-50-47-44-41-21-18-15-12-9-6-3)67-61(64)55-52-49-46-43-40-38-35-27-25-23-20-17-14-11-8-5-2/h22,24,28-29,31-32,58H,4-21,23,25-27,30,33-57H2,1-3H3/b24-22-,29-28-,32-31-. The van der Waals surface area contributed by atoms with Gasteiger partial charge >= 0.3 is 17.9 Å². The molecule has 6 nitrogen and oxygen atoms in total. The minimum absolute atomic E-state index is 0.0698. The Balaban J connectivity index is 4.25. The van der Waals surface area contributed by atoms with Crippen LogP contribution in [-0.2, 0) is 28.6 Å². The number of hydrogen-bond donors (Lipinski definition) is 0. The SMILES string of the molecule is CCCCCCC/C=C\C/C=C\C/C=C\CCCCCCCCCCC(=O)OCC(COC(=O)CCCCCCCCCCCC)OC(=O)CCCCCCCCCCCCCCCCCC. The van der Waals surface area contributed by atoms with Crippen molar-refractivity contribution in [1.29, 1.82) is 0 Å². The fraction of sp³-hybridized carbons (Fsp3) is 0.852. The summed E-state index contributed by atoms with van der Waals surface area (Å²) in [5.41, 5.74) is 0. The number of hydrogen-bond acceptors (Lipinski definition) is 6. The molecule has 0 bridgehead atoms. The minimum Gasteiger partial charge on any atom is -0.462 e. The highest BCUT2D eigenvalue weighted by Gasteiger charge is 2.19. The summed E-state index contributed by atoms with van der Waals surface area (Å²) in [4.78, 5) is 38.1. The number of rotatable bonds is 54. The summed E-state index contributed by atoms with van der Waals surface area (Å²) >= 11 is 0. The predicted molar refractivity (Wildman–Crippen MR) is 289 cm³/mol. The van der Waals surface area contributed by atoms with Crippen LogP contribution in [0.2, 0.25) is 0 Å². The van der Waals surface area contributed by atoms with Crippen LogP contribution >= 0.6 is 0 Å². The number of allylic oxidation sites excluding steroid dienone is 6. The second-order valence-corrected chi connectivity index (χ2v) is 19.9. The fourth-order valence-corrected chi connectivity index (χ4v) is 8.69. The molecule has 0 spiro atoms. The largest absolute Gasteiger partial charge is 0.462 e. The van der Waals surface area contributed by atoms with E-state index in [1.165, 1.54) is 199 Å². The van der Waals surface area contributed by atoms with Gasteiger partial charge in [-0.15, -0.1) is 0 Å². The molecule has 1 atom stereocenters. The fourth-order valence-electron chi connectivity index (χ4n) is 8.69. The van der Waals surface area contributed by atoms with E-state index in [2.05, 4.69) is 57.2 Å². The van der Waals surface area contributed by atoms with Gasteiger partial charge in [0.15, 0.2) is 6.10 Å². The van der Waals surface area contributed by atoms with Gasteiger partial charge in [-0.2, -0.15) is 0 Å². The third-order valence-electron chi connectivity index (χ3n) is 13.1. The van der Waals surface area contributed by atoms with Gasteiger partial charge in [0.1, 0.15) is 13.2 Å². The first-order valence-electron chi connectivity index (χ1n) is 29.5. The Kier molecular flexibility index (Phi) is 54.2. The summed E-state index contributed by atoms with van der Waals surface area (Å²) in [6.07, 6.45) is 67.1. The number of ether oxygens (including phenoxy) is 3. The highest BCUT2D eigenvalue weighted by Crippen LogP contribution is 2.17. The van der Waals surface area contributed by atoms with Crippen LogP contribution in [0.1, 0.15) is 316 Å². The molecule has 67 heavy (non-hydrogen) atoms. The van der Waals surface area contributed by atoms with Gasteiger partial charge in [-0.05, 0) is 57.8 Å². The maximum Gasteiger partial charge on any atom is 0.306 e. The molecule has 0 aliphatic rings. The molecule has 0 fully saturated rings. The smallest absolute Gasteiger partial charge is 0.306 e. The van der Waals surface area contributed by atoms with E-state index in [4.69, 9.17) is 14.2 Å². The number of carbonyl (C=O) groups is 3. The van der Waals surface area contributed by atoms with Crippen molar-refractivity contribution in [3.63, 3.8) is 0 Å². The summed E-state index contributed by atoms with van der Waals surface area (Å²) in [5.74, 6) is -0.860. The molecule has 0 aromatic carbocycles. The van der Waals surface area contributed by atoms with Crippen molar-refractivity contribution in [2.24, 2.45) is 0 Å². The Morgan fingerprint density at radius 3 is 0.836 bits per heavy atom. The summed E-state index contributed by atoms with van der Waals surface area (Å²) in [7, 11) is 0. The van der Waals surface area contributed by atoms with E-state index < -0.39 is 6.10 Å². The summed E-state index contributed by atoms with van der Waals surface area (Å²) < 4.78 is 16.9. The monoisotopic (exact) mass is 941 g/mol. The zero-order chi connectivity index (χ0) is 48.6. The van der Waals surface area contributed by atoms with E-state index in [1.54, 1.807) is 0 Å². The molecule has 0 aromatic heterocycles. The molecular formula is C61H112O6. The van der Waals surface area contributed by atoms with Crippen molar-refractivity contribution in [3.8, 4) is 0 Å². The third kappa shape index (κ3) is 54.4. The van der Waals surface area contributed by atoms with Crippen LogP contribution in [0.25, 0.3) is 0 Å². The van der Waals surface area contributed by atoms with E-state index in [1.807, 2.05) is 0 Å². The molecule has 0 aliphatic carbocycles. The first kappa shape index (κ1) is 64.6. The van der Waals surface area contributed by atoms with E-state index in [0.29, 0.717) is 19.3 Å². The molecule has 0 saturated heterocycles. The molecule has 6 heteroatoms. The average Bonchev–Trinajstić information content (AvgIpc) is 3.33. The van der Waals surface area contributed by atoms with Crippen molar-refractivity contribution in [1.82, 2.24) is 0 Å². The van der Waals surface area contributed by atoms with Crippen LogP contribution in [0.15, 0.2) is 36.5 Å².